The van der Waals surface area contributed by atoms with Crippen LogP contribution in [-0.4, -0.2) is 96.7 Å². The third kappa shape index (κ3) is 84.0. The molecule has 110 heavy (non-hydrogen) atoms. The second-order valence-corrected chi connectivity index (χ2v) is 36.6. The van der Waals surface area contributed by atoms with Crippen LogP contribution in [0.25, 0.3) is 0 Å². The van der Waals surface area contributed by atoms with Crippen LogP contribution in [0.1, 0.15) is 491 Å². The Morgan fingerprint density at radius 3 is 0.618 bits per heavy atom. The molecular weight excluding hydrogens is 1430 g/mol. The molecule has 19 heteroatoms. The first-order chi connectivity index (χ1) is 53.4. The smallest absolute Gasteiger partial charge is 0.462 e. The van der Waals surface area contributed by atoms with Gasteiger partial charge in [0.05, 0.1) is 26.4 Å². The number of unbranched alkanes of at least 4 members (excludes halogenated alkanes) is 60. The summed E-state index contributed by atoms with van der Waals surface area (Å²) in [6, 6.07) is 0. The minimum absolute atomic E-state index is 0.107. The zero-order chi connectivity index (χ0) is 80.6. The minimum atomic E-state index is -4.97. The molecule has 0 aromatic heterocycles. The van der Waals surface area contributed by atoms with Crippen molar-refractivity contribution in [2.75, 3.05) is 39.6 Å². The Bertz CT molecular complexity index is 2100. The molecule has 0 fully saturated rings. The molecule has 0 aliphatic carbocycles. The van der Waals surface area contributed by atoms with Crippen molar-refractivity contribution in [3.63, 3.8) is 0 Å². The molecule has 17 nitrogen and oxygen atoms in total. The van der Waals surface area contributed by atoms with Gasteiger partial charge in [-0.1, -0.05) is 440 Å². The predicted molar refractivity (Wildman–Crippen MR) is 455 cm³/mol. The molecule has 0 aliphatic rings. The van der Waals surface area contributed by atoms with E-state index in [9.17, 15) is 43.2 Å². The van der Waals surface area contributed by atoms with Crippen molar-refractivity contribution in [3.05, 3.63) is 0 Å². The highest BCUT2D eigenvalue weighted by Gasteiger charge is 2.31. The molecule has 0 aliphatic heterocycles. The molecule has 0 aromatic carbocycles. The first-order valence-electron chi connectivity index (χ1n) is 47.0. The number of carbonyl (C=O) groups excluding carboxylic acids is 4. The second kappa shape index (κ2) is 82.2. The number of phosphoric ester groups is 2. The van der Waals surface area contributed by atoms with Crippen molar-refractivity contribution in [1.82, 2.24) is 0 Å². The summed E-state index contributed by atoms with van der Waals surface area (Å²) in [4.78, 5) is 73.3. The van der Waals surface area contributed by atoms with Crippen LogP contribution in [-0.2, 0) is 65.4 Å². The van der Waals surface area contributed by atoms with Crippen molar-refractivity contribution in [2.24, 2.45) is 11.8 Å². The van der Waals surface area contributed by atoms with Crippen molar-refractivity contribution >= 4 is 39.5 Å². The first-order valence-corrected chi connectivity index (χ1v) is 50.0. The lowest BCUT2D eigenvalue weighted by Crippen LogP contribution is -2.30. The SMILES string of the molecule is CCCCCCCCCCCCCCCCCCCCCCCCC(=O)O[C@H](COC(=O)CCCCCCCCCCCCCCCCCCCCCCC)COP(=O)(O)OC[C@@H](O)COP(=O)(O)OC[C@@H](COC(=O)CCCCCCCCC(C)C)OC(=O)CCCCCCCCCCCCCCCCCC(C)C. The number of aliphatic hydroxyl groups is 1. The molecule has 0 amide bonds. The number of esters is 4. The Labute approximate surface area is 677 Å². The van der Waals surface area contributed by atoms with Crippen molar-refractivity contribution < 1.29 is 80.2 Å². The number of hydrogen-bond donors (Lipinski definition) is 3. The third-order valence-electron chi connectivity index (χ3n) is 21.5. The Kier molecular flexibility index (Phi) is 80.7. The fourth-order valence-electron chi connectivity index (χ4n) is 14.3. The fourth-order valence-corrected chi connectivity index (χ4v) is 15.9. The molecule has 0 bridgehead atoms. The maximum atomic E-state index is 13.2. The number of aliphatic hydroxyl groups excluding tert-OH is 1. The molecule has 0 aromatic rings. The molecule has 5 atom stereocenters. The Balaban J connectivity index is 5.19. The van der Waals surface area contributed by atoms with Crippen LogP contribution in [0.3, 0.4) is 0 Å². The zero-order valence-corrected chi connectivity index (χ0v) is 74.4. The molecule has 0 spiro atoms. The van der Waals surface area contributed by atoms with Crippen LogP contribution in [0, 0.1) is 11.8 Å². The average Bonchev–Trinajstić information content (AvgIpc) is 0.900. The van der Waals surface area contributed by atoms with Gasteiger partial charge in [-0.15, -0.1) is 0 Å². The quantitative estimate of drug-likeness (QED) is 0.0222. The lowest BCUT2D eigenvalue weighted by molar-refractivity contribution is -0.161. The largest absolute Gasteiger partial charge is 0.472 e. The lowest BCUT2D eigenvalue weighted by atomic mass is 10.0. The van der Waals surface area contributed by atoms with Gasteiger partial charge in [0.25, 0.3) is 0 Å². The highest BCUT2D eigenvalue weighted by atomic mass is 31.2. The van der Waals surface area contributed by atoms with Gasteiger partial charge in [-0.3, -0.25) is 37.3 Å². The first kappa shape index (κ1) is 108. The molecule has 0 saturated heterocycles. The summed E-state index contributed by atoms with van der Waals surface area (Å²) in [7, 11) is -9.93. The lowest BCUT2D eigenvalue weighted by Gasteiger charge is -2.21. The Morgan fingerprint density at radius 2 is 0.418 bits per heavy atom. The average molecular weight is 1610 g/mol. The van der Waals surface area contributed by atoms with Gasteiger partial charge in [-0.25, -0.2) is 9.13 Å². The molecule has 3 N–H and O–H groups in total. The van der Waals surface area contributed by atoms with Gasteiger partial charge in [0.15, 0.2) is 12.2 Å². The van der Waals surface area contributed by atoms with Gasteiger partial charge in [0, 0.05) is 25.7 Å². The standard InChI is InChI=1S/C91H178O17P2/c1-7-9-11-13-15-17-19-21-23-25-27-29-31-33-35-39-43-47-51-55-63-69-75-90(95)107-86(79-101-88(93)73-67-61-54-50-46-42-38-34-32-30-28-26-24-22-20-18-16-14-12-10-8-2)81-105-109(97,98)103-77-85(92)78-104-110(99,100)106-82-87(80-102-89(94)74-68-62-58-57-60-66-72-84(5)6)108-91(96)76-70-64-56-52-48-44-40-36-37-41-45-49-53-59-65-71-83(3)4/h83-87,92H,7-82H2,1-6H3,(H,97,98)(H,99,100)/t85-,86-,87-/m1/s1. The monoisotopic (exact) mass is 1610 g/mol. The topological polar surface area (TPSA) is 237 Å². The number of carbonyl (C=O) groups is 4. The summed E-state index contributed by atoms with van der Waals surface area (Å²) in [6.45, 7) is 9.64. The predicted octanol–water partition coefficient (Wildman–Crippen LogP) is 28.2. The van der Waals surface area contributed by atoms with E-state index in [4.69, 9.17) is 37.0 Å². The molecule has 0 radical (unpaired) electrons. The third-order valence-corrected chi connectivity index (χ3v) is 23.4. The molecule has 2 unspecified atom stereocenters. The van der Waals surface area contributed by atoms with E-state index in [1.54, 1.807) is 0 Å². The number of phosphoric acid groups is 2. The van der Waals surface area contributed by atoms with E-state index < -0.39 is 97.5 Å². The van der Waals surface area contributed by atoms with Gasteiger partial charge >= 0.3 is 39.5 Å². The molecular formula is C91H178O17P2. The molecule has 0 heterocycles. The van der Waals surface area contributed by atoms with Gasteiger partial charge < -0.3 is 33.8 Å². The zero-order valence-electron chi connectivity index (χ0n) is 72.6. The van der Waals surface area contributed by atoms with E-state index in [2.05, 4.69) is 41.5 Å². The van der Waals surface area contributed by atoms with Crippen LogP contribution in [0.2, 0.25) is 0 Å². The van der Waals surface area contributed by atoms with E-state index >= 15 is 0 Å². The molecule has 0 saturated carbocycles. The summed E-state index contributed by atoms with van der Waals surface area (Å²) >= 11 is 0. The van der Waals surface area contributed by atoms with Crippen LogP contribution in [0.4, 0.5) is 0 Å². The van der Waals surface area contributed by atoms with E-state index in [-0.39, 0.29) is 25.7 Å². The summed E-state index contributed by atoms with van der Waals surface area (Å²) in [5, 5.41) is 10.7. The number of ether oxygens (including phenoxy) is 4. The van der Waals surface area contributed by atoms with Crippen LogP contribution in [0.15, 0.2) is 0 Å². The minimum Gasteiger partial charge on any atom is -0.462 e. The van der Waals surface area contributed by atoms with Gasteiger partial charge in [-0.2, -0.15) is 0 Å². The van der Waals surface area contributed by atoms with Crippen LogP contribution >= 0.6 is 15.6 Å². The normalized spacial score (nSPS) is 13.7. The fraction of sp³-hybridized carbons (Fsp3) is 0.956. The van der Waals surface area contributed by atoms with E-state index in [0.29, 0.717) is 31.6 Å². The molecule has 0 rings (SSSR count). The van der Waals surface area contributed by atoms with Crippen LogP contribution < -0.4 is 0 Å². The van der Waals surface area contributed by atoms with Crippen molar-refractivity contribution in [2.45, 2.75) is 509 Å². The maximum Gasteiger partial charge on any atom is 0.472 e. The van der Waals surface area contributed by atoms with Gasteiger partial charge in [-0.05, 0) is 37.5 Å². The highest BCUT2D eigenvalue weighted by molar-refractivity contribution is 7.47. The van der Waals surface area contributed by atoms with Gasteiger partial charge in [0.1, 0.15) is 19.3 Å². The maximum absolute atomic E-state index is 13.2. The number of hydrogen-bond acceptors (Lipinski definition) is 15. The van der Waals surface area contributed by atoms with Crippen molar-refractivity contribution in [3.8, 4) is 0 Å². The van der Waals surface area contributed by atoms with Crippen LogP contribution in [0.5, 0.6) is 0 Å². The summed E-state index contributed by atoms with van der Waals surface area (Å²) in [5.41, 5.74) is 0. The summed E-state index contributed by atoms with van der Waals surface area (Å²) < 4.78 is 69.0. The van der Waals surface area contributed by atoms with Gasteiger partial charge in [0.2, 0.25) is 0 Å². The summed E-state index contributed by atoms with van der Waals surface area (Å²) in [6.07, 6.45) is 76.9. The Hall–Kier alpha value is -1.94. The summed E-state index contributed by atoms with van der Waals surface area (Å²) in [5.74, 6) is -0.619. The Morgan fingerprint density at radius 1 is 0.245 bits per heavy atom. The van der Waals surface area contributed by atoms with E-state index in [1.165, 1.54) is 302 Å². The molecule has 654 valence electrons. The van der Waals surface area contributed by atoms with Crippen molar-refractivity contribution in [1.29, 1.82) is 0 Å². The second-order valence-electron chi connectivity index (χ2n) is 33.6. The number of rotatable bonds is 90. The van der Waals surface area contributed by atoms with E-state index in [0.717, 1.165) is 102 Å². The van der Waals surface area contributed by atoms with E-state index in [1.807, 2.05) is 0 Å². The highest BCUT2D eigenvalue weighted by Crippen LogP contribution is 2.45.